The Hall–Kier alpha value is -4.30. The molecule has 8 heteroatoms. The van der Waals surface area contributed by atoms with Crippen molar-refractivity contribution in [2.75, 3.05) is 6.61 Å². The molecule has 2 N–H and O–H groups in total. The molecule has 2 heterocycles. The number of aliphatic imine (C=N–C) groups is 1. The van der Waals surface area contributed by atoms with Crippen LogP contribution in [0, 0.1) is 0 Å². The fraction of sp³-hybridized carbons (Fsp3) is 0.107. The Morgan fingerprint density at radius 3 is 2.69 bits per heavy atom. The number of amidine groups is 1. The number of nitrogens with zero attached hydrogens (tertiary/aromatic N) is 2. The summed E-state index contributed by atoms with van der Waals surface area (Å²) in [6.07, 6.45) is 3.85. The van der Waals surface area contributed by atoms with E-state index in [1.807, 2.05) is 73.8 Å². The maximum absolute atomic E-state index is 12.7. The van der Waals surface area contributed by atoms with Gasteiger partial charge in [0.15, 0.2) is 5.17 Å². The zero-order valence-corrected chi connectivity index (χ0v) is 20.3. The monoisotopic (exact) mass is 497 g/mol. The summed E-state index contributed by atoms with van der Waals surface area (Å²) in [5, 5.41) is 13.7. The predicted molar refractivity (Wildman–Crippen MR) is 143 cm³/mol. The number of thioether (sulfide) groups is 1. The number of fused-ring (bicyclic) bond motifs is 1. The molecule has 0 bridgehead atoms. The quantitative estimate of drug-likeness (QED) is 0.321. The average Bonchev–Trinajstić information content (AvgIpc) is 3.40. The molecular weight excluding hydrogens is 474 g/mol. The first kappa shape index (κ1) is 23.4. The van der Waals surface area contributed by atoms with Crippen LogP contribution < -0.4 is 10.1 Å². The van der Waals surface area contributed by atoms with E-state index in [1.165, 1.54) is 11.8 Å². The molecule has 3 aromatic carbocycles. The van der Waals surface area contributed by atoms with Gasteiger partial charge in [0, 0.05) is 29.2 Å². The van der Waals surface area contributed by atoms with Crippen molar-refractivity contribution in [3.8, 4) is 5.75 Å². The van der Waals surface area contributed by atoms with Gasteiger partial charge < -0.3 is 19.7 Å². The van der Waals surface area contributed by atoms with Gasteiger partial charge in [-0.05, 0) is 72.8 Å². The topological polar surface area (TPSA) is 92.9 Å². The first-order valence-corrected chi connectivity index (χ1v) is 12.2. The number of carboxylic acids is 1. The van der Waals surface area contributed by atoms with E-state index in [4.69, 9.17) is 4.74 Å². The average molecular weight is 498 g/mol. The molecule has 0 atom stereocenters. The highest BCUT2D eigenvalue weighted by Gasteiger charge is 2.24. The fourth-order valence-electron chi connectivity index (χ4n) is 4.04. The third-order valence-electron chi connectivity index (χ3n) is 5.66. The van der Waals surface area contributed by atoms with Crippen LogP contribution in [0.15, 0.2) is 88.9 Å². The second kappa shape index (κ2) is 10.1. The summed E-state index contributed by atoms with van der Waals surface area (Å²) in [6, 6.07) is 22.3. The van der Waals surface area contributed by atoms with Crippen LogP contribution in [-0.2, 0) is 11.3 Å². The smallest absolute Gasteiger partial charge is 0.335 e. The lowest BCUT2D eigenvalue weighted by atomic mass is 10.1. The van der Waals surface area contributed by atoms with Crippen LogP contribution in [-0.4, -0.2) is 33.3 Å². The Kier molecular flexibility index (Phi) is 6.60. The van der Waals surface area contributed by atoms with Crippen LogP contribution in [0.2, 0.25) is 0 Å². The minimum Gasteiger partial charge on any atom is -0.494 e. The van der Waals surface area contributed by atoms with E-state index in [0.29, 0.717) is 23.2 Å². The number of aromatic nitrogens is 1. The first-order chi connectivity index (χ1) is 17.5. The third kappa shape index (κ3) is 5.04. The highest BCUT2D eigenvalue weighted by Crippen LogP contribution is 2.31. The summed E-state index contributed by atoms with van der Waals surface area (Å²) in [5.41, 5.74) is 3.76. The largest absolute Gasteiger partial charge is 0.494 e. The van der Waals surface area contributed by atoms with E-state index in [9.17, 15) is 14.7 Å². The number of benzene rings is 3. The van der Waals surface area contributed by atoms with Gasteiger partial charge in [0.2, 0.25) is 0 Å². The van der Waals surface area contributed by atoms with Gasteiger partial charge in [-0.15, -0.1) is 0 Å². The Balaban J connectivity index is 1.42. The highest BCUT2D eigenvalue weighted by molar-refractivity contribution is 8.18. The number of nitrogens with one attached hydrogen (secondary N) is 1. The van der Waals surface area contributed by atoms with Gasteiger partial charge in [0.25, 0.3) is 5.91 Å². The molecule has 1 fully saturated rings. The van der Waals surface area contributed by atoms with Crippen LogP contribution in [0.25, 0.3) is 17.0 Å². The van der Waals surface area contributed by atoms with Crippen molar-refractivity contribution in [3.05, 3.63) is 101 Å². The van der Waals surface area contributed by atoms with Crippen LogP contribution in [0.5, 0.6) is 5.75 Å². The molecule has 0 unspecified atom stereocenters. The van der Waals surface area contributed by atoms with E-state index in [1.54, 1.807) is 18.2 Å². The SMILES string of the molecule is CCOc1ccc(N=C2NC(=O)/C(=C\c3cn(Cc4cccc(C(=O)O)c4)c4ccccc34)S2)cc1. The molecular formula is C28H23N3O4S. The van der Waals surface area contributed by atoms with Crippen molar-refractivity contribution in [1.82, 2.24) is 9.88 Å². The molecule has 4 aromatic rings. The molecule has 5 rings (SSSR count). The summed E-state index contributed by atoms with van der Waals surface area (Å²) in [4.78, 5) is 29.1. The normalized spacial score (nSPS) is 15.5. The first-order valence-electron chi connectivity index (χ1n) is 11.4. The van der Waals surface area contributed by atoms with E-state index in [0.717, 1.165) is 33.5 Å². The lowest BCUT2D eigenvalue weighted by Gasteiger charge is -2.06. The van der Waals surface area contributed by atoms with Crippen molar-refractivity contribution >= 4 is 51.5 Å². The van der Waals surface area contributed by atoms with Crippen molar-refractivity contribution in [2.24, 2.45) is 4.99 Å². The van der Waals surface area contributed by atoms with Crippen LogP contribution in [0.3, 0.4) is 0 Å². The van der Waals surface area contributed by atoms with Gasteiger partial charge in [-0.2, -0.15) is 0 Å². The van der Waals surface area contributed by atoms with Gasteiger partial charge in [0.1, 0.15) is 5.75 Å². The fourth-order valence-corrected chi connectivity index (χ4v) is 4.88. The number of hydrogen-bond acceptors (Lipinski definition) is 5. The standard InChI is InChI=1S/C28H23N3O4S/c1-2-35-22-12-10-21(11-13-22)29-28-30-26(32)25(36-28)15-20-17-31(24-9-4-3-8-23(20)24)16-18-6-5-7-19(14-18)27(33)34/h3-15,17H,2,16H2,1H3,(H,33,34)(H,29,30,32)/b25-15+. The van der Waals surface area contributed by atoms with Crippen molar-refractivity contribution in [3.63, 3.8) is 0 Å². The lowest BCUT2D eigenvalue weighted by molar-refractivity contribution is -0.115. The number of carbonyl (C=O) groups is 2. The number of para-hydroxylation sites is 1. The summed E-state index contributed by atoms with van der Waals surface area (Å²) in [6.45, 7) is 3.04. The Labute approximate surface area is 212 Å². The third-order valence-corrected chi connectivity index (χ3v) is 6.57. The molecule has 0 saturated carbocycles. The van der Waals surface area contributed by atoms with Gasteiger partial charge in [0.05, 0.1) is 22.8 Å². The Bertz CT molecular complexity index is 1520. The number of carboxylic acid groups (broad SMARTS) is 1. The van der Waals surface area contributed by atoms with E-state index in [-0.39, 0.29) is 11.5 Å². The summed E-state index contributed by atoms with van der Waals surface area (Å²) in [5.74, 6) is -0.376. The Morgan fingerprint density at radius 2 is 1.92 bits per heavy atom. The van der Waals surface area contributed by atoms with Gasteiger partial charge in [-0.1, -0.05) is 30.3 Å². The molecule has 36 heavy (non-hydrogen) atoms. The maximum Gasteiger partial charge on any atom is 0.335 e. The maximum atomic E-state index is 12.7. The minimum atomic E-state index is -0.952. The van der Waals surface area contributed by atoms with Crippen molar-refractivity contribution in [2.45, 2.75) is 13.5 Å². The van der Waals surface area contributed by atoms with E-state index >= 15 is 0 Å². The molecule has 1 aromatic heterocycles. The summed E-state index contributed by atoms with van der Waals surface area (Å²) < 4.78 is 7.53. The lowest BCUT2D eigenvalue weighted by Crippen LogP contribution is -2.19. The van der Waals surface area contributed by atoms with Crippen LogP contribution in [0.1, 0.15) is 28.4 Å². The van der Waals surface area contributed by atoms with Gasteiger partial charge in [-0.3, -0.25) is 4.79 Å². The molecule has 1 amide bonds. The van der Waals surface area contributed by atoms with Gasteiger partial charge >= 0.3 is 5.97 Å². The zero-order chi connectivity index (χ0) is 25.1. The number of rotatable bonds is 7. The second-order valence-corrected chi connectivity index (χ2v) is 9.17. The molecule has 0 spiro atoms. The number of aromatic carboxylic acids is 1. The molecule has 1 aliphatic heterocycles. The molecule has 0 aliphatic carbocycles. The Morgan fingerprint density at radius 1 is 1.11 bits per heavy atom. The summed E-state index contributed by atoms with van der Waals surface area (Å²) >= 11 is 1.29. The predicted octanol–water partition coefficient (Wildman–Crippen LogP) is 5.68. The van der Waals surface area contributed by atoms with Crippen molar-refractivity contribution < 1.29 is 19.4 Å². The van der Waals surface area contributed by atoms with E-state index < -0.39 is 5.97 Å². The van der Waals surface area contributed by atoms with Crippen LogP contribution >= 0.6 is 11.8 Å². The number of hydrogen-bond donors (Lipinski definition) is 2. The molecule has 1 aliphatic rings. The van der Waals surface area contributed by atoms with E-state index in [2.05, 4.69) is 14.9 Å². The minimum absolute atomic E-state index is 0.198. The molecule has 7 nitrogen and oxygen atoms in total. The number of ether oxygens (including phenoxy) is 1. The molecule has 0 radical (unpaired) electrons. The second-order valence-electron chi connectivity index (χ2n) is 8.14. The zero-order valence-electron chi connectivity index (χ0n) is 19.5. The summed E-state index contributed by atoms with van der Waals surface area (Å²) in [7, 11) is 0. The molecule has 180 valence electrons. The van der Waals surface area contributed by atoms with Gasteiger partial charge in [-0.25, -0.2) is 9.79 Å². The molecule has 1 saturated heterocycles. The number of carbonyl (C=O) groups excluding carboxylic acids is 1. The van der Waals surface area contributed by atoms with Crippen molar-refractivity contribution in [1.29, 1.82) is 0 Å². The number of amides is 1. The van der Waals surface area contributed by atoms with Crippen LogP contribution in [0.4, 0.5) is 5.69 Å². The highest BCUT2D eigenvalue weighted by atomic mass is 32.2.